The summed E-state index contributed by atoms with van der Waals surface area (Å²) < 4.78 is 28.3. The van der Waals surface area contributed by atoms with Gasteiger partial charge in [-0.2, -0.15) is 4.72 Å². The Balaban J connectivity index is 1.50. The second-order valence-electron chi connectivity index (χ2n) is 7.18. The Morgan fingerprint density at radius 3 is 2.70 bits per heavy atom. The van der Waals surface area contributed by atoms with Crippen molar-refractivity contribution in [2.45, 2.75) is 23.9 Å². The molecule has 2 heterocycles. The van der Waals surface area contributed by atoms with Gasteiger partial charge in [-0.25, -0.2) is 8.42 Å². The highest BCUT2D eigenvalue weighted by atomic mass is 32.2. The first-order valence-corrected chi connectivity index (χ1v) is 11.6. The Morgan fingerprint density at radius 1 is 1.20 bits per heavy atom. The van der Waals surface area contributed by atoms with Crippen LogP contribution < -0.4 is 16.2 Å². The molecule has 1 aliphatic rings. The van der Waals surface area contributed by atoms with Crippen molar-refractivity contribution in [3.63, 3.8) is 0 Å². The van der Waals surface area contributed by atoms with Crippen LogP contribution in [0.2, 0.25) is 0 Å². The molecule has 1 fully saturated rings. The third kappa shape index (κ3) is 3.89. The van der Waals surface area contributed by atoms with Gasteiger partial charge in [0.1, 0.15) is 11.9 Å². The molecule has 30 heavy (non-hydrogen) atoms. The number of hydrogen-bond acceptors (Lipinski definition) is 6. The molecule has 1 atom stereocenters. The van der Waals surface area contributed by atoms with E-state index in [0.717, 1.165) is 16.3 Å². The predicted molar refractivity (Wildman–Crippen MR) is 118 cm³/mol. The lowest BCUT2D eigenvalue weighted by atomic mass is 10.1. The number of nitrogens with zero attached hydrogens (tertiary/aromatic N) is 1. The van der Waals surface area contributed by atoms with E-state index in [1.54, 1.807) is 35.2 Å². The van der Waals surface area contributed by atoms with Crippen LogP contribution in [0, 0.1) is 5.41 Å². The first-order valence-electron chi connectivity index (χ1n) is 9.26. The zero-order chi connectivity index (χ0) is 21.5. The molecule has 6 N–H and O–H groups in total. The molecule has 1 amide bonds. The number of nitrogens with one attached hydrogen (secondary N) is 2. The van der Waals surface area contributed by atoms with Crippen LogP contribution in [0.15, 0.2) is 52.7 Å². The number of fused-ring (bicyclic) bond motifs is 1. The number of likely N-dealkylation sites (tertiary alicyclic amines) is 1. The van der Waals surface area contributed by atoms with E-state index in [1.807, 2.05) is 11.4 Å². The van der Waals surface area contributed by atoms with Crippen molar-refractivity contribution < 1.29 is 13.2 Å². The van der Waals surface area contributed by atoms with Gasteiger partial charge in [0.25, 0.3) is 0 Å². The van der Waals surface area contributed by atoms with Gasteiger partial charge in [0.2, 0.25) is 15.9 Å². The number of carbonyl (C=O) groups is 1. The average molecular weight is 444 g/mol. The predicted octanol–water partition coefficient (Wildman–Crippen LogP) is 1.85. The van der Waals surface area contributed by atoms with Crippen molar-refractivity contribution in [3.05, 3.63) is 58.3 Å². The fourth-order valence-electron chi connectivity index (χ4n) is 3.57. The number of carbonyl (C=O) groups excluding carboxylic acids is 1. The minimum atomic E-state index is -3.87. The van der Waals surface area contributed by atoms with E-state index < -0.39 is 16.1 Å². The zero-order valence-corrected chi connectivity index (χ0v) is 17.6. The smallest absolute Gasteiger partial charge is 0.241 e. The molecule has 0 saturated carbocycles. The van der Waals surface area contributed by atoms with E-state index in [2.05, 4.69) is 4.72 Å². The number of sulfonamides is 1. The Kier molecular flexibility index (Phi) is 5.22. The number of hydrogen-bond donors (Lipinski definition) is 4. The van der Waals surface area contributed by atoms with Gasteiger partial charge in [0.15, 0.2) is 0 Å². The quantitative estimate of drug-likeness (QED) is 0.261. The van der Waals surface area contributed by atoms with Gasteiger partial charge in [-0.3, -0.25) is 10.2 Å². The lowest BCUT2D eigenvalue weighted by Gasteiger charge is -2.17. The summed E-state index contributed by atoms with van der Waals surface area (Å²) in [5, 5.41) is 11.0. The molecule has 2 aromatic carbocycles. The molecule has 3 aromatic rings. The Morgan fingerprint density at radius 2 is 1.93 bits per heavy atom. The molecule has 156 valence electrons. The highest BCUT2D eigenvalue weighted by Crippen LogP contribution is 2.24. The number of nitrogens with two attached hydrogens (primary N) is 2. The fourth-order valence-corrected chi connectivity index (χ4v) is 5.61. The number of benzene rings is 2. The molecule has 1 aromatic heterocycles. The standard InChI is InChI=1S/C20H21N5O3S2/c21-15-3-1-13-10-16(4-2-12(13)9-15)30(27,28)24-17-5-7-25(20(17)26)11-14-6-8-29-18(14)19(22)23/h1-4,6,8-10,17,24H,5,7,11,21H2,(H3,22,23). The largest absolute Gasteiger partial charge is 0.399 e. The molecule has 0 radical (unpaired) electrons. The second-order valence-corrected chi connectivity index (χ2v) is 9.81. The maximum absolute atomic E-state index is 12.9. The van der Waals surface area contributed by atoms with Crippen LogP contribution in [-0.4, -0.2) is 37.6 Å². The number of rotatable bonds is 6. The number of amidine groups is 1. The van der Waals surface area contributed by atoms with Crippen LogP contribution in [0.1, 0.15) is 16.9 Å². The van der Waals surface area contributed by atoms with E-state index in [0.29, 0.717) is 30.1 Å². The molecule has 1 unspecified atom stereocenters. The topological polar surface area (TPSA) is 142 Å². The minimum absolute atomic E-state index is 0.0399. The van der Waals surface area contributed by atoms with Crippen molar-refractivity contribution in [2.24, 2.45) is 5.73 Å². The fraction of sp³-hybridized carbons (Fsp3) is 0.200. The molecule has 1 aliphatic heterocycles. The van der Waals surface area contributed by atoms with Crippen LogP contribution in [0.25, 0.3) is 10.8 Å². The molecule has 1 saturated heterocycles. The lowest BCUT2D eigenvalue weighted by Crippen LogP contribution is -2.41. The van der Waals surface area contributed by atoms with E-state index in [4.69, 9.17) is 16.9 Å². The average Bonchev–Trinajstić information content (AvgIpc) is 3.29. The van der Waals surface area contributed by atoms with Crippen molar-refractivity contribution in [2.75, 3.05) is 12.3 Å². The number of nitrogen functional groups attached to an aromatic ring is 2. The maximum Gasteiger partial charge on any atom is 0.241 e. The first kappa shape index (κ1) is 20.3. The third-order valence-corrected chi connectivity index (χ3v) is 7.55. The summed E-state index contributed by atoms with van der Waals surface area (Å²) in [5.74, 6) is -0.324. The number of anilines is 1. The summed E-state index contributed by atoms with van der Waals surface area (Å²) in [6, 6.07) is 11.0. The van der Waals surface area contributed by atoms with Crippen molar-refractivity contribution >= 4 is 49.6 Å². The van der Waals surface area contributed by atoms with Crippen molar-refractivity contribution in [3.8, 4) is 0 Å². The lowest BCUT2D eigenvalue weighted by molar-refractivity contribution is -0.129. The summed E-state index contributed by atoms with van der Waals surface area (Å²) >= 11 is 1.35. The number of thiophene rings is 1. The SMILES string of the molecule is N=C(N)c1sccc1CN1CCC(NS(=O)(=O)c2ccc3cc(N)ccc3c2)C1=O. The second kappa shape index (κ2) is 7.71. The number of amides is 1. The molecule has 8 nitrogen and oxygen atoms in total. The van der Waals surface area contributed by atoms with Crippen molar-refractivity contribution in [1.82, 2.24) is 9.62 Å². The minimum Gasteiger partial charge on any atom is -0.399 e. The van der Waals surface area contributed by atoms with E-state index in [9.17, 15) is 13.2 Å². The van der Waals surface area contributed by atoms with Gasteiger partial charge in [-0.15, -0.1) is 11.3 Å². The summed E-state index contributed by atoms with van der Waals surface area (Å²) in [6.07, 6.45) is 0.377. The van der Waals surface area contributed by atoms with E-state index in [1.165, 1.54) is 17.4 Å². The molecule has 0 aliphatic carbocycles. The molecule has 10 heteroatoms. The first-order chi connectivity index (χ1) is 14.2. The maximum atomic E-state index is 12.9. The third-order valence-electron chi connectivity index (χ3n) is 5.09. The van der Waals surface area contributed by atoms with Gasteiger partial charge in [-0.05, 0) is 58.5 Å². The van der Waals surface area contributed by atoms with Crippen molar-refractivity contribution in [1.29, 1.82) is 5.41 Å². The van der Waals surface area contributed by atoms with E-state index >= 15 is 0 Å². The van der Waals surface area contributed by atoms with Crippen LogP contribution >= 0.6 is 11.3 Å². The monoisotopic (exact) mass is 443 g/mol. The van der Waals surface area contributed by atoms with Crippen LogP contribution in [0.5, 0.6) is 0 Å². The van der Waals surface area contributed by atoms with Gasteiger partial charge in [-0.1, -0.05) is 12.1 Å². The van der Waals surface area contributed by atoms with Crippen LogP contribution in [-0.2, 0) is 21.4 Å². The summed E-state index contributed by atoms with van der Waals surface area (Å²) in [7, 11) is -3.87. The Bertz CT molecular complexity index is 1250. The molecule has 0 spiro atoms. The molecular weight excluding hydrogens is 422 g/mol. The molecule has 0 bridgehead atoms. The van der Waals surface area contributed by atoms with Gasteiger partial charge in [0.05, 0.1) is 9.77 Å². The summed E-state index contributed by atoms with van der Waals surface area (Å²) in [5.41, 5.74) is 12.7. The molecular formula is C20H21N5O3S2. The highest BCUT2D eigenvalue weighted by Gasteiger charge is 2.35. The normalized spacial score (nSPS) is 17.0. The van der Waals surface area contributed by atoms with Crippen LogP contribution in [0.3, 0.4) is 0 Å². The summed E-state index contributed by atoms with van der Waals surface area (Å²) in [6.45, 7) is 0.725. The van der Waals surface area contributed by atoms with Gasteiger partial charge >= 0.3 is 0 Å². The van der Waals surface area contributed by atoms with Gasteiger partial charge < -0.3 is 16.4 Å². The van der Waals surface area contributed by atoms with E-state index in [-0.39, 0.29) is 16.6 Å². The zero-order valence-electron chi connectivity index (χ0n) is 16.0. The Hall–Kier alpha value is -2.95. The van der Waals surface area contributed by atoms with Gasteiger partial charge in [0, 0.05) is 18.8 Å². The summed E-state index contributed by atoms with van der Waals surface area (Å²) in [4.78, 5) is 15.1. The molecule has 4 rings (SSSR count). The van der Waals surface area contributed by atoms with Crippen LogP contribution in [0.4, 0.5) is 5.69 Å². The highest BCUT2D eigenvalue weighted by molar-refractivity contribution is 7.89. The Labute approximate surface area is 178 Å².